The molecule has 0 aliphatic rings. The van der Waals surface area contributed by atoms with Crippen LogP contribution in [-0.4, -0.2) is 25.1 Å². The Labute approximate surface area is 111 Å². The molecule has 2 aromatic rings. The van der Waals surface area contributed by atoms with Crippen molar-refractivity contribution in [1.82, 2.24) is 4.98 Å². The Morgan fingerprint density at radius 2 is 2.00 bits per heavy atom. The molecule has 0 radical (unpaired) electrons. The lowest BCUT2D eigenvalue weighted by Gasteiger charge is -2.12. The molecule has 0 aliphatic heterocycles. The Hall–Kier alpha value is -2.30. The molecule has 0 saturated heterocycles. The third-order valence-corrected chi connectivity index (χ3v) is 2.97. The molecule has 1 heterocycles. The number of nitrogens with zero attached hydrogens (tertiary/aromatic N) is 1. The fourth-order valence-corrected chi connectivity index (χ4v) is 2.08. The van der Waals surface area contributed by atoms with Crippen molar-refractivity contribution in [2.24, 2.45) is 5.73 Å². The van der Waals surface area contributed by atoms with Crippen molar-refractivity contribution in [1.29, 1.82) is 0 Å². The van der Waals surface area contributed by atoms with Crippen LogP contribution in [0, 0.1) is 0 Å². The van der Waals surface area contributed by atoms with Crippen molar-refractivity contribution in [2.75, 3.05) is 14.2 Å². The maximum Gasteiger partial charge on any atom is 0.217 e. The molecule has 5 nitrogen and oxygen atoms in total. The standard InChI is InChI=1S/C14H16N2O3/c1-18-12-5-3-9-10(14(12)19-2)7-8-16-11(9)4-6-13(15)17/h3,5,7-8H,4,6H2,1-2H3,(H2,15,17). The second-order valence-electron chi connectivity index (χ2n) is 4.12. The van der Waals surface area contributed by atoms with Crippen molar-refractivity contribution in [3.05, 3.63) is 30.1 Å². The van der Waals surface area contributed by atoms with E-state index in [1.54, 1.807) is 20.4 Å². The quantitative estimate of drug-likeness (QED) is 0.887. The van der Waals surface area contributed by atoms with E-state index in [1.165, 1.54) is 0 Å². The third-order valence-electron chi connectivity index (χ3n) is 2.97. The van der Waals surface area contributed by atoms with E-state index in [-0.39, 0.29) is 12.3 Å². The summed E-state index contributed by atoms with van der Waals surface area (Å²) in [5.74, 6) is 1.00. The van der Waals surface area contributed by atoms with Crippen molar-refractivity contribution in [3.8, 4) is 11.5 Å². The predicted octanol–water partition coefficient (Wildman–Crippen LogP) is 1.67. The molecule has 5 heteroatoms. The summed E-state index contributed by atoms with van der Waals surface area (Å²) in [5, 5.41) is 1.86. The first-order valence-electron chi connectivity index (χ1n) is 5.94. The number of benzene rings is 1. The highest BCUT2D eigenvalue weighted by atomic mass is 16.5. The maximum atomic E-state index is 10.9. The van der Waals surface area contributed by atoms with Crippen LogP contribution >= 0.6 is 0 Å². The van der Waals surface area contributed by atoms with Gasteiger partial charge in [-0.2, -0.15) is 0 Å². The molecule has 0 atom stereocenters. The molecule has 2 rings (SSSR count). The van der Waals surface area contributed by atoms with Gasteiger partial charge in [0.15, 0.2) is 11.5 Å². The van der Waals surface area contributed by atoms with Gasteiger partial charge in [0, 0.05) is 29.1 Å². The molecule has 0 unspecified atom stereocenters. The molecule has 19 heavy (non-hydrogen) atoms. The number of nitrogens with two attached hydrogens (primary N) is 1. The molecule has 100 valence electrons. The van der Waals surface area contributed by atoms with Crippen LogP contribution in [0.15, 0.2) is 24.4 Å². The van der Waals surface area contributed by atoms with Crippen LogP contribution < -0.4 is 15.2 Å². The molecule has 2 N–H and O–H groups in total. The number of hydrogen-bond donors (Lipinski definition) is 1. The van der Waals surface area contributed by atoms with Crippen LogP contribution in [0.25, 0.3) is 10.8 Å². The van der Waals surface area contributed by atoms with E-state index in [0.717, 1.165) is 16.5 Å². The average molecular weight is 260 g/mol. The summed E-state index contributed by atoms with van der Waals surface area (Å²) in [5.41, 5.74) is 6.01. The Morgan fingerprint density at radius 1 is 1.21 bits per heavy atom. The van der Waals surface area contributed by atoms with Crippen LogP contribution in [0.5, 0.6) is 11.5 Å². The first-order valence-corrected chi connectivity index (χ1v) is 5.94. The van der Waals surface area contributed by atoms with Gasteiger partial charge in [0.1, 0.15) is 0 Å². The highest BCUT2D eigenvalue weighted by molar-refractivity contribution is 5.92. The minimum absolute atomic E-state index is 0.278. The number of rotatable bonds is 5. The zero-order valence-corrected chi connectivity index (χ0v) is 11.0. The van der Waals surface area contributed by atoms with Gasteiger partial charge in [0.05, 0.1) is 14.2 Å². The van der Waals surface area contributed by atoms with Crippen LogP contribution in [0.4, 0.5) is 0 Å². The zero-order chi connectivity index (χ0) is 13.8. The fraction of sp³-hybridized carbons (Fsp3) is 0.286. The molecule has 0 aliphatic carbocycles. The average Bonchev–Trinajstić information content (AvgIpc) is 2.43. The smallest absolute Gasteiger partial charge is 0.217 e. The van der Waals surface area contributed by atoms with Crippen LogP contribution in [0.2, 0.25) is 0 Å². The number of pyridine rings is 1. The van der Waals surface area contributed by atoms with Crippen LogP contribution in [-0.2, 0) is 11.2 Å². The molecule has 0 fully saturated rings. The van der Waals surface area contributed by atoms with E-state index in [0.29, 0.717) is 17.9 Å². The first kappa shape index (κ1) is 13.1. The second kappa shape index (κ2) is 5.56. The summed E-state index contributed by atoms with van der Waals surface area (Å²) < 4.78 is 10.6. The van der Waals surface area contributed by atoms with Gasteiger partial charge in [-0.1, -0.05) is 0 Å². The Bertz CT molecular complexity index is 611. The highest BCUT2D eigenvalue weighted by Gasteiger charge is 2.12. The molecule has 0 bridgehead atoms. The predicted molar refractivity (Wildman–Crippen MR) is 72.4 cm³/mol. The summed E-state index contributed by atoms with van der Waals surface area (Å²) in [4.78, 5) is 15.2. The number of primary amides is 1. The van der Waals surface area contributed by atoms with Crippen molar-refractivity contribution in [2.45, 2.75) is 12.8 Å². The number of ether oxygens (including phenoxy) is 2. The lowest BCUT2D eigenvalue weighted by molar-refractivity contribution is -0.118. The molecule has 1 aromatic heterocycles. The monoisotopic (exact) mass is 260 g/mol. The fourth-order valence-electron chi connectivity index (χ4n) is 2.08. The Kier molecular flexibility index (Phi) is 3.85. The van der Waals surface area contributed by atoms with Gasteiger partial charge in [0.25, 0.3) is 0 Å². The number of carbonyl (C=O) groups excluding carboxylic acids is 1. The van der Waals surface area contributed by atoms with Gasteiger partial charge in [-0.15, -0.1) is 0 Å². The molecule has 0 saturated carbocycles. The molecule has 1 aromatic carbocycles. The number of methoxy groups -OCH3 is 2. The number of aromatic nitrogens is 1. The number of amides is 1. The summed E-state index contributed by atoms with van der Waals surface area (Å²) in [6.45, 7) is 0. The van der Waals surface area contributed by atoms with Crippen molar-refractivity contribution >= 4 is 16.7 Å². The number of aryl methyl sites for hydroxylation is 1. The van der Waals surface area contributed by atoms with Gasteiger partial charge in [-0.25, -0.2) is 0 Å². The van der Waals surface area contributed by atoms with E-state index < -0.39 is 0 Å². The largest absolute Gasteiger partial charge is 0.493 e. The summed E-state index contributed by atoms with van der Waals surface area (Å²) in [6, 6.07) is 5.61. The highest BCUT2D eigenvalue weighted by Crippen LogP contribution is 2.36. The Balaban J connectivity index is 2.53. The van der Waals surface area contributed by atoms with E-state index in [1.807, 2.05) is 18.2 Å². The zero-order valence-electron chi connectivity index (χ0n) is 11.0. The van der Waals surface area contributed by atoms with Gasteiger partial charge in [-0.3, -0.25) is 9.78 Å². The van der Waals surface area contributed by atoms with Crippen LogP contribution in [0.1, 0.15) is 12.1 Å². The topological polar surface area (TPSA) is 74.4 Å². The first-order chi connectivity index (χ1) is 9.17. The minimum Gasteiger partial charge on any atom is -0.493 e. The normalized spacial score (nSPS) is 10.4. The van der Waals surface area contributed by atoms with Gasteiger partial charge in [-0.05, 0) is 24.6 Å². The van der Waals surface area contributed by atoms with Gasteiger partial charge in [0.2, 0.25) is 5.91 Å². The van der Waals surface area contributed by atoms with Crippen LogP contribution in [0.3, 0.4) is 0 Å². The van der Waals surface area contributed by atoms with Gasteiger partial charge < -0.3 is 15.2 Å². The van der Waals surface area contributed by atoms with E-state index in [2.05, 4.69) is 4.98 Å². The number of hydrogen-bond acceptors (Lipinski definition) is 4. The summed E-state index contributed by atoms with van der Waals surface area (Å²) in [6.07, 6.45) is 2.49. The number of fused-ring (bicyclic) bond motifs is 1. The third kappa shape index (κ3) is 2.59. The lowest BCUT2D eigenvalue weighted by Crippen LogP contribution is -2.11. The van der Waals surface area contributed by atoms with E-state index in [9.17, 15) is 4.79 Å². The molecular formula is C14H16N2O3. The SMILES string of the molecule is COc1ccc2c(CCC(N)=O)nccc2c1OC. The van der Waals surface area contributed by atoms with E-state index in [4.69, 9.17) is 15.2 Å². The van der Waals surface area contributed by atoms with E-state index >= 15 is 0 Å². The molecular weight excluding hydrogens is 244 g/mol. The van der Waals surface area contributed by atoms with Crippen molar-refractivity contribution < 1.29 is 14.3 Å². The summed E-state index contributed by atoms with van der Waals surface area (Å²) >= 11 is 0. The molecule has 0 spiro atoms. The Morgan fingerprint density at radius 3 is 2.63 bits per heavy atom. The lowest BCUT2D eigenvalue weighted by atomic mass is 10.1. The minimum atomic E-state index is -0.334. The summed E-state index contributed by atoms with van der Waals surface area (Å²) in [7, 11) is 3.19. The number of carbonyl (C=O) groups is 1. The van der Waals surface area contributed by atoms with Gasteiger partial charge >= 0.3 is 0 Å². The molecule has 1 amide bonds. The second-order valence-corrected chi connectivity index (χ2v) is 4.12. The maximum absolute atomic E-state index is 10.9. The van der Waals surface area contributed by atoms with Crippen molar-refractivity contribution in [3.63, 3.8) is 0 Å².